The summed E-state index contributed by atoms with van der Waals surface area (Å²) in [5, 5.41) is 19.3. The van der Waals surface area contributed by atoms with Crippen LogP contribution in [0.4, 0.5) is 0 Å². The topological polar surface area (TPSA) is 71.3 Å². The quantitative estimate of drug-likeness (QED) is 0.488. The summed E-state index contributed by atoms with van der Waals surface area (Å²) in [6.07, 6.45) is 8.12. The third kappa shape index (κ3) is 3.34. The Morgan fingerprint density at radius 1 is 1.29 bits per heavy atom. The van der Waals surface area contributed by atoms with Gasteiger partial charge in [-0.1, -0.05) is 11.2 Å². The number of rotatable bonds is 4. The van der Waals surface area contributed by atoms with Gasteiger partial charge in [0.05, 0.1) is 18.1 Å². The van der Waals surface area contributed by atoms with Gasteiger partial charge in [0.1, 0.15) is 0 Å². The maximum Gasteiger partial charge on any atom is 0.0750 e. The van der Waals surface area contributed by atoms with Crippen molar-refractivity contribution in [2.45, 2.75) is 12.8 Å². The zero-order valence-corrected chi connectivity index (χ0v) is 9.19. The van der Waals surface area contributed by atoms with Gasteiger partial charge in [-0.3, -0.25) is 4.98 Å². The molecule has 0 unspecified atom stereocenters. The Morgan fingerprint density at radius 2 is 2.24 bits per heavy atom. The van der Waals surface area contributed by atoms with Crippen LogP contribution < -0.4 is 0 Å². The standard InChI is InChI=1S/C12H12N4O/c17-15-9-11-6-12(16-14-8-11)4-3-10-2-1-5-13-7-10/h1-2,5-9,17H,3-4H2/b15-9-. The first-order chi connectivity index (χ1) is 8.38. The van der Waals surface area contributed by atoms with E-state index < -0.39 is 0 Å². The minimum atomic E-state index is 0.740. The van der Waals surface area contributed by atoms with E-state index in [0.29, 0.717) is 0 Å². The van der Waals surface area contributed by atoms with E-state index in [4.69, 9.17) is 5.21 Å². The lowest BCUT2D eigenvalue weighted by molar-refractivity contribution is 0.322. The van der Waals surface area contributed by atoms with E-state index in [9.17, 15) is 0 Å². The number of pyridine rings is 1. The molecule has 0 aromatic carbocycles. The minimum Gasteiger partial charge on any atom is -0.411 e. The van der Waals surface area contributed by atoms with Crippen LogP contribution in [0, 0.1) is 0 Å². The van der Waals surface area contributed by atoms with Gasteiger partial charge in [-0.05, 0) is 30.5 Å². The number of oxime groups is 1. The molecule has 0 bridgehead atoms. The molecular weight excluding hydrogens is 216 g/mol. The second-order valence-corrected chi connectivity index (χ2v) is 3.59. The number of aromatic nitrogens is 3. The van der Waals surface area contributed by atoms with E-state index in [0.717, 1.165) is 29.7 Å². The van der Waals surface area contributed by atoms with Crippen molar-refractivity contribution in [3.63, 3.8) is 0 Å². The van der Waals surface area contributed by atoms with E-state index in [2.05, 4.69) is 20.3 Å². The maximum absolute atomic E-state index is 8.43. The summed E-state index contributed by atoms with van der Waals surface area (Å²) in [7, 11) is 0. The van der Waals surface area contributed by atoms with Crippen LogP contribution in [0.3, 0.4) is 0 Å². The predicted octanol–water partition coefficient (Wildman–Crippen LogP) is 1.46. The van der Waals surface area contributed by atoms with Crippen LogP contribution in [-0.2, 0) is 12.8 Å². The number of aryl methyl sites for hydroxylation is 2. The molecule has 2 aromatic heterocycles. The second kappa shape index (κ2) is 5.69. The van der Waals surface area contributed by atoms with Crippen LogP contribution in [0.2, 0.25) is 0 Å². The van der Waals surface area contributed by atoms with E-state index in [1.54, 1.807) is 12.4 Å². The number of hydrogen-bond donors (Lipinski definition) is 1. The average Bonchev–Trinajstić information content (AvgIpc) is 2.39. The Bertz CT molecular complexity index is 499. The van der Waals surface area contributed by atoms with Crippen LogP contribution in [0.15, 0.2) is 41.9 Å². The molecule has 0 saturated heterocycles. The van der Waals surface area contributed by atoms with Crippen molar-refractivity contribution in [1.29, 1.82) is 0 Å². The molecule has 0 aliphatic rings. The molecule has 0 aliphatic carbocycles. The van der Waals surface area contributed by atoms with Crippen LogP contribution in [0.5, 0.6) is 0 Å². The monoisotopic (exact) mass is 228 g/mol. The highest BCUT2D eigenvalue weighted by molar-refractivity contribution is 5.78. The van der Waals surface area contributed by atoms with Crippen molar-refractivity contribution in [3.8, 4) is 0 Å². The molecule has 0 aliphatic heterocycles. The largest absolute Gasteiger partial charge is 0.411 e. The Kier molecular flexibility index (Phi) is 3.75. The Morgan fingerprint density at radius 3 is 3.00 bits per heavy atom. The van der Waals surface area contributed by atoms with E-state index in [1.165, 1.54) is 6.21 Å². The van der Waals surface area contributed by atoms with Crippen molar-refractivity contribution in [2.24, 2.45) is 5.16 Å². The van der Waals surface area contributed by atoms with E-state index in [-0.39, 0.29) is 0 Å². The second-order valence-electron chi connectivity index (χ2n) is 3.59. The molecule has 2 heterocycles. The highest BCUT2D eigenvalue weighted by Crippen LogP contribution is 2.04. The SMILES string of the molecule is O/N=C\c1cnnc(CCc2cccnc2)c1. The van der Waals surface area contributed by atoms with Gasteiger partial charge in [0.15, 0.2) is 0 Å². The van der Waals surface area contributed by atoms with Gasteiger partial charge in [-0.25, -0.2) is 0 Å². The lowest BCUT2D eigenvalue weighted by atomic mass is 10.1. The summed E-state index contributed by atoms with van der Waals surface area (Å²) in [5.41, 5.74) is 2.77. The van der Waals surface area contributed by atoms with Crippen molar-refractivity contribution in [3.05, 3.63) is 53.6 Å². The van der Waals surface area contributed by atoms with Crippen molar-refractivity contribution in [2.75, 3.05) is 0 Å². The van der Waals surface area contributed by atoms with Crippen LogP contribution in [0.1, 0.15) is 16.8 Å². The Balaban J connectivity index is 2.02. The third-order valence-corrected chi connectivity index (χ3v) is 2.33. The fourth-order valence-corrected chi connectivity index (χ4v) is 1.51. The average molecular weight is 228 g/mol. The third-order valence-electron chi connectivity index (χ3n) is 2.33. The van der Waals surface area contributed by atoms with E-state index >= 15 is 0 Å². The Hall–Kier alpha value is -2.30. The predicted molar refractivity (Wildman–Crippen MR) is 63.1 cm³/mol. The molecule has 5 nitrogen and oxygen atoms in total. The van der Waals surface area contributed by atoms with Crippen LogP contribution in [-0.4, -0.2) is 26.6 Å². The van der Waals surface area contributed by atoms with Gasteiger partial charge in [-0.15, -0.1) is 0 Å². The molecule has 0 radical (unpaired) electrons. The summed E-state index contributed by atoms with van der Waals surface area (Å²) < 4.78 is 0. The fourth-order valence-electron chi connectivity index (χ4n) is 1.51. The smallest absolute Gasteiger partial charge is 0.0750 e. The minimum absolute atomic E-state index is 0.740. The zero-order valence-electron chi connectivity index (χ0n) is 9.19. The molecule has 0 fully saturated rings. The first kappa shape index (κ1) is 11.2. The molecule has 0 amide bonds. The molecular formula is C12H12N4O. The van der Waals surface area contributed by atoms with Crippen molar-refractivity contribution >= 4 is 6.21 Å². The van der Waals surface area contributed by atoms with Gasteiger partial charge in [0.25, 0.3) is 0 Å². The zero-order chi connectivity index (χ0) is 11.9. The van der Waals surface area contributed by atoms with Crippen LogP contribution in [0.25, 0.3) is 0 Å². The van der Waals surface area contributed by atoms with Crippen molar-refractivity contribution in [1.82, 2.24) is 15.2 Å². The molecule has 0 atom stereocenters. The summed E-state index contributed by atoms with van der Waals surface area (Å²) in [4.78, 5) is 4.05. The molecule has 2 aromatic rings. The lowest BCUT2D eigenvalue weighted by Gasteiger charge is -2.00. The molecule has 17 heavy (non-hydrogen) atoms. The fraction of sp³-hybridized carbons (Fsp3) is 0.167. The van der Waals surface area contributed by atoms with Gasteiger partial charge in [0.2, 0.25) is 0 Å². The molecule has 5 heteroatoms. The maximum atomic E-state index is 8.43. The van der Waals surface area contributed by atoms with Gasteiger partial charge < -0.3 is 5.21 Å². The molecule has 2 rings (SSSR count). The highest BCUT2D eigenvalue weighted by atomic mass is 16.4. The summed E-state index contributed by atoms with van der Waals surface area (Å²) in [6.45, 7) is 0. The molecule has 1 N–H and O–H groups in total. The van der Waals surface area contributed by atoms with Crippen LogP contribution >= 0.6 is 0 Å². The number of nitrogens with zero attached hydrogens (tertiary/aromatic N) is 4. The van der Waals surface area contributed by atoms with Gasteiger partial charge in [0, 0.05) is 18.0 Å². The summed E-state index contributed by atoms with van der Waals surface area (Å²) in [5.74, 6) is 0. The molecule has 86 valence electrons. The Labute approximate surface area is 98.9 Å². The highest BCUT2D eigenvalue weighted by Gasteiger charge is 1.99. The first-order valence-electron chi connectivity index (χ1n) is 5.26. The molecule has 0 spiro atoms. The number of hydrogen-bond acceptors (Lipinski definition) is 5. The summed E-state index contributed by atoms with van der Waals surface area (Å²) in [6, 6.07) is 5.79. The first-order valence-corrected chi connectivity index (χ1v) is 5.26. The normalized spacial score (nSPS) is 10.8. The summed E-state index contributed by atoms with van der Waals surface area (Å²) >= 11 is 0. The lowest BCUT2D eigenvalue weighted by Crippen LogP contribution is -1.98. The molecule has 0 saturated carbocycles. The van der Waals surface area contributed by atoms with Crippen molar-refractivity contribution < 1.29 is 5.21 Å². The van der Waals surface area contributed by atoms with Gasteiger partial charge >= 0.3 is 0 Å². The van der Waals surface area contributed by atoms with E-state index in [1.807, 2.05) is 24.4 Å². The van der Waals surface area contributed by atoms with Gasteiger partial charge in [-0.2, -0.15) is 10.2 Å².